The van der Waals surface area contributed by atoms with Gasteiger partial charge in [0, 0.05) is 6.42 Å². The van der Waals surface area contributed by atoms with E-state index in [1.54, 1.807) is 6.08 Å². The van der Waals surface area contributed by atoms with Crippen LogP contribution in [-0.4, -0.2) is 68.5 Å². The van der Waals surface area contributed by atoms with Crippen LogP contribution in [0, 0.1) is 0 Å². The number of rotatable bonds is 56. The second kappa shape index (κ2) is 54.0. The molecule has 0 heterocycles. The number of nitrogens with zero attached hydrogens (tertiary/aromatic N) is 1. The Kier molecular flexibility index (Phi) is 52.7. The fraction of sp³-hybridized carbons (Fsp3) is 0.825. The first kappa shape index (κ1) is 70.2. The van der Waals surface area contributed by atoms with Gasteiger partial charge in [0.1, 0.15) is 13.2 Å². The fourth-order valence-electron chi connectivity index (χ4n) is 8.97. The third-order valence-electron chi connectivity index (χ3n) is 13.7. The van der Waals surface area contributed by atoms with E-state index < -0.39 is 20.0 Å². The highest BCUT2D eigenvalue weighted by molar-refractivity contribution is 7.45. The van der Waals surface area contributed by atoms with Crippen molar-refractivity contribution in [3.05, 3.63) is 60.8 Å². The van der Waals surface area contributed by atoms with Gasteiger partial charge in [-0.15, -0.1) is 0 Å². The summed E-state index contributed by atoms with van der Waals surface area (Å²) < 4.78 is 23.3. The predicted molar refractivity (Wildman–Crippen MR) is 311 cm³/mol. The average molecular weight is 1030 g/mol. The molecule has 72 heavy (non-hydrogen) atoms. The molecule has 1 amide bonds. The third-order valence-corrected chi connectivity index (χ3v) is 14.7. The highest BCUT2D eigenvalue weighted by Gasteiger charge is 2.23. The number of aliphatic hydroxyl groups is 1. The number of unbranched alkanes of at least 4 members (excludes halogenated alkanes) is 35. The molecule has 0 fully saturated rings. The molecular weight excluding hydrogens is 912 g/mol. The van der Waals surface area contributed by atoms with Crippen LogP contribution < -0.4 is 10.2 Å². The van der Waals surface area contributed by atoms with Crippen LogP contribution in [-0.2, 0) is 18.4 Å². The monoisotopic (exact) mass is 1030 g/mol. The van der Waals surface area contributed by atoms with Gasteiger partial charge >= 0.3 is 0 Å². The minimum absolute atomic E-state index is 0.0000409. The van der Waals surface area contributed by atoms with E-state index in [0.29, 0.717) is 17.4 Å². The van der Waals surface area contributed by atoms with Crippen molar-refractivity contribution >= 4 is 13.7 Å². The highest BCUT2D eigenvalue weighted by atomic mass is 31.2. The summed E-state index contributed by atoms with van der Waals surface area (Å²) >= 11 is 0. The highest BCUT2D eigenvalue weighted by Crippen LogP contribution is 2.38. The molecule has 0 aromatic carbocycles. The molecular formula is C63H119N2O6P. The first-order valence-corrected chi connectivity index (χ1v) is 32.1. The van der Waals surface area contributed by atoms with Crippen LogP contribution in [0.1, 0.15) is 284 Å². The average Bonchev–Trinajstić information content (AvgIpc) is 3.34. The molecule has 8 nitrogen and oxygen atoms in total. The number of quaternary nitrogens is 1. The maximum absolute atomic E-state index is 12.9. The lowest BCUT2D eigenvalue weighted by atomic mass is 10.0. The van der Waals surface area contributed by atoms with Crippen molar-refractivity contribution in [1.82, 2.24) is 5.32 Å². The van der Waals surface area contributed by atoms with Crippen molar-refractivity contribution in [3.63, 3.8) is 0 Å². The molecule has 0 aliphatic heterocycles. The van der Waals surface area contributed by atoms with E-state index in [9.17, 15) is 19.4 Å². The van der Waals surface area contributed by atoms with E-state index in [0.717, 1.165) is 64.2 Å². The number of likely N-dealkylation sites (N-methyl/N-ethyl adjacent to an activating group) is 1. The molecule has 0 spiro atoms. The summed E-state index contributed by atoms with van der Waals surface area (Å²) in [5.74, 6) is -0.195. The van der Waals surface area contributed by atoms with Gasteiger partial charge in [-0.3, -0.25) is 9.36 Å². The zero-order valence-electron chi connectivity index (χ0n) is 48.1. The lowest BCUT2D eigenvalue weighted by molar-refractivity contribution is -0.870. The number of phosphoric ester groups is 1. The van der Waals surface area contributed by atoms with Crippen molar-refractivity contribution in [3.8, 4) is 0 Å². The maximum atomic E-state index is 12.9. The summed E-state index contributed by atoms with van der Waals surface area (Å²) in [5, 5.41) is 13.8. The van der Waals surface area contributed by atoms with Crippen molar-refractivity contribution in [2.24, 2.45) is 0 Å². The first-order chi connectivity index (χ1) is 35.0. The number of hydrogen-bond donors (Lipinski definition) is 2. The SMILES string of the molecule is CC/C=C\C/C=C\C/C=C\C/C=C\CCCCCCCCCCCCCCCCCCCCCCCCCCCCC(=O)NC(COP(=O)([O-])OCC[N+](C)(C)C)C(O)/C=C/CCCCCCCCCCC. The number of hydrogen-bond acceptors (Lipinski definition) is 6. The Morgan fingerprint density at radius 3 is 1.24 bits per heavy atom. The number of carbonyl (C=O) groups excluding carboxylic acids is 1. The van der Waals surface area contributed by atoms with Gasteiger partial charge in [0.2, 0.25) is 5.91 Å². The molecule has 0 bridgehead atoms. The first-order valence-electron chi connectivity index (χ1n) is 30.7. The molecule has 9 heteroatoms. The van der Waals surface area contributed by atoms with E-state index in [4.69, 9.17) is 9.05 Å². The Balaban J connectivity index is 3.84. The third kappa shape index (κ3) is 55.9. The summed E-state index contributed by atoms with van der Waals surface area (Å²) in [6.45, 7) is 4.54. The number of amides is 1. The van der Waals surface area contributed by atoms with Gasteiger partial charge in [-0.2, -0.15) is 0 Å². The molecule has 3 atom stereocenters. The number of aliphatic hydroxyl groups excluding tert-OH is 1. The lowest BCUT2D eigenvalue weighted by Crippen LogP contribution is -2.45. The minimum Gasteiger partial charge on any atom is -0.756 e. The van der Waals surface area contributed by atoms with Gasteiger partial charge in [0.15, 0.2) is 0 Å². The molecule has 0 aliphatic rings. The molecule has 0 aliphatic carbocycles. The van der Waals surface area contributed by atoms with Crippen LogP contribution in [0.3, 0.4) is 0 Å². The Bertz CT molecular complexity index is 1360. The van der Waals surface area contributed by atoms with E-state index in [-0.39, 0.29) is 19.1 Å². The van der Waals surface area contributed by atoms with Crippen molar-refractivity contribution < 1.29 is 32.9 Å². The van der Waals surface area contributed by atoms with E-state index in [1.165, 1.54) is 199 Å². The predicted octanol–water partition coefficient (Wildman–Crippen LogP) is 18.2. The Morgan fingerprint density at radius 2 is 0.847 bits per heavy atom. The molecule has 0 radical (unpaired) electrons. The van der Waals surface area contributed by atoms with Gasteiger partial charge < -0.3 is 28.8 Å². The number of carbonyl (C=O) groups is 1. The molecule has 3 unspecified atom stereocenters. The summed E-state index contributed by atoms with van der Waals surface area (Å²) in [5.41, 5.74) is 0. The maximum Gasteiger partial charge on any atom is 0.268 e. The number of nitrogens with one attached hydrogen (secondary N) is 1. The zero-order chi connectivity index (χ0) is 52.7. The molecule has 0 saturated carbocycles. The number of allylic oxidation sites excluding steroid dienone is 9. The quantitative estimate of drug-likeness (QED) is 0.0272. The standard InChI is InChI=1S/C63H119N2O6P/c1-6-8-10-12-14-16-18-19-20-21-22-23-24-25-26-27-28-29-30-31-32-33-34-35-36-37-38-39-40-41-42-43-44-45-47-49-51-53-55-57-63(67)64-61(60-71-72(68,69)70-59-58-65(3,4)5)62(66)56-54-52-50-48-46-17-15-13-11-9-7-2/h8,10,14,16,19-20,22-23,54,56,61-62,66H,6-7,9,11-13,15,17-18,21,24-53,55,57-60H2,1-5H3,(H-,64,67,68,69)/b10-8-,16-14-,20-19-,23-22-,56-54+. The molecule has 422 valence electrons. The summed E-state index contributed by atoms with van der Waals surface area (Å²) in [4.78, 5) is 25.4. The second-order valence-electron chi connectivity index (χ2n) is 22.0. The molecule has 2 N–H and O–H groups in total. The fourth-order valence-corrected chi connectivity index (χ4v) is 9.69. The van der Waals surface area contributed by atoms with E-state index >= 15 is 0 Å². The van der Waals surface area contributed by atoms with E-state index in [2.05, 4.69) is 67.8 Å². The van der Waals surface area contributed by atoms with Crippen LogP contribution >= 0.6 is 7.82 Å². The molecule has 0 aromatic rings. The molecule has 0 saturated heterocycles. The van der Waals surface area contributed by atoms with Gasteiger partial charge in [0.25, 0.3) is 7.82 Å². The lowest BCUT2D eigenvalue weighted by Gasteiger charge is -2.29. The second-order valence-corrected chi connectivity index (χ2v) is 23.4. The zero-order valence-corrected chi connectivity index (χ0v) is 49.0. The topological polar surface area (TPSA) is 108 Å². The van der Waals surface area contributed by atoms with Crippen LogP contribution in [0.2, 0.25) is 0 Å². The van der Waals surface area contributed by atoms with E-state index in [1.807, 2.05) is 27.2 Å². The summed E-state index contributed by atoms with van der Waals surface area (Å²) in [6.07, 6.45) is 73.4. The van der Waals surface area contributed by atoms with Crippen molar-refractivity contribution in [1.29, 1.82) is 0 Å². The Hall–Kier alpha value is -1.80. The summed E-state index contributed by atoms with van der Waals surface area (Å²) in [6, 6.07) is -0.884. The van der Waals surface area contributed by atoms with Crippen LogP contribution in [0.4, 0.5) is 0 Å². The molecule has 0 aromatic heterocycles. The van der Waals surface area contributed by atoms with Crippen molar-refractivity contribution in [2.75, 3.05) is 40.9 Å². The van der Waals surface area contributed by atoms with Crippen LogP contribution in [0.15, 0.2) is 60.8 Å². The normalized spacial score (nSPS) is 14.3. The Morgan fingerprint density at radius 1 is 0.500 bits per heavy atom. The Labute approximate surface area is 447 Å². The molecule has 0 rings (SSSR count). The van der Waals surface area contributed by atoms with Gasteiger partial charge in [-0.25, -0.2) is 0 Å². The van der Waals surface area contributed by atoms with Gasteiger partial charge in [-0.05, 0) is 57.8 Å². The smallest absolute Gasteiger partial charge is 0.268 e. The van der Waals surface area contributed by atoms with Gasteiger partial charge in [0.05, 0.1) is 39.9 Å². The minimum atomic E-state index is -4.59. The summed E-state index contributed by atoms with van der Waals surface area (Å²) in [7, 11) is 1.27. The largest absolute Gasteiger partial charge is 0.756 e. The number of phosphoric acid groups is 1. The van der Waals surface area contributed by atoms with Gasteiger partial charge in [-0.1, -0.05) is 280 Å². The van der Waals surface area contributed by atoms with Crippen LogP contribution in [0.25, 0.3) is 0 Å². The van der Waals surface area contributed by atoms with Crippen LogP contribution in [0.5, 0.6) is 0 Å². The van der Waals surface area contributed by atoms with Crippen molar-refractivity contribution in [2.45, 2.75) is 296 Å².